The van der Waals surface area contributed by atoms with E-state index in [1.54, 1.807) is 0 Å². The lowest BCUT2D eigenvalue weighted by Crippen LogP contribution is -2.64. The highest BCUT2D eigenvalue weighted by atomic mass is 32.3. The number of aliphatic hydroxyl groups is 1. The number of fused-ring (bicyclic) bond motifs is 4. The Morgan fingerprint density at radius 2 is 1.55 bits per heavy atom. The third-order valence-electron chi connectivity index (χ3n) is 18.3. The van der Waals surface area contributed by atoms with Crippen LogP contribution in [-0.2, 0) is 27.9 Å². The second-order valence-electron chi connectivity index (χ2n) is 22.8. The highest BCUT2D eigenvalue weighted by Gasteiger charge is 2.80. The van der Waals surface area contributed by atoms with Gasteiger partial charge in [0.15, 0.2) is 6.29 Å². The van der Waals surface area contributed by atoms with E-state index in [1.807, 2.05) is 53.6 Å². The quantitative estimate of drug-likeness (QED) is 0.218. The predicted octanol–water partition coefficient (Wildman–Crippen LogP) is 9.44. The largest absolute Gasteiger partial charge is 0.444 e. The van der Waals surface area contributed by atoms with Gasteiger partial charge in [0.2, 0.25) is 0 Å². The summed E-state index contributed by atoms with van der Waals surface area (Å²) in [6.45, 7) is 30.2. The maximum atomic E-state index is 12.5. The zero-order valence-electron chi connectivity index (χ0n) is 40.3. The first-order valence-electron chi connectivity index (χ1n) is 24.5. The van der Waals surface area contributed by atoms with Gasteiger partial charge < -0.3 is 37.9 Å². The molecule has 8 aliphatic rings. The van der Waals surface area contributed by atoms with E-state index in [9.17, 15) is 9.90 Å². The van der Waals surface area contributed by atoms with Gasteiger partial charge in [-0.15, -0.1) is 10.3 Å². The summed E-state index contributed by atoms with van der Waals surface area (Å²) in [5, 5.41) is 11.0. The first kappa shape index (κ1) is 47.3. The molecule has 1 N–H and O–H groups in total. The molecule has 9 unspecified atom stereocenters. The minimum Gasteiger partial charge on any atom is -0.444 e. The van der Waals surface area contributed by atoms with Crippen LogP contribution in [0.1, 0.15) is 147 Å². The molecule has 11 heteroatoms. The molecule has 10 nitrogen and oxygen atoms in total. The van der Waals surface area contributed by atoms with Gasteiger partial charge in [-0.25, -0.2) is 4.79 Å². The summed E-state index contributed by atoms with van der Waals surface area (Å²) < 4.78 is 37.4. The zero-order valence-corrected chi connectivity index (χ0v) is 41.1. The third-order valence-corrected chi connectivity index (χ3v) is 22.1. The van der Waals surface area contributed by atoms with Crippen molar-refractivity contribution in [2.45, 2.75) is 195 Å². The minimum atomic E-state index is -0.911. The number of rotatable bonds is 11. The van der Waals surface area contributed by atoms with E-state index in [-0.39, 0.29) is 36.1 Å². The Morgan fingerprint density at radius 1 is 0.867 bits per heavy atom. The second kappa shape index (κ2) is 17.3. The molecule has 2 spiro atoms. The monoisotopic (exact) mass is 865 g/mol. The molecule has 0 aromatic carbocycles. The predicted molar refractivity (Wildman–Crippen MR) is 241 cm³/mol. The first-order chi connectivity index (χ1) is 28.2. The molecule has 0 aromatic heterocycles. The van der Waals surface area contributed by atoms with Gasteiger partial charge in [0.25, 0.3) is 0 Å². The molecular formula is C49H88N2O8S. The van der Waals surface area contributed by atoms with Crippen LogP contribution in [-0.4, -0.2) is 133 Å². The highest BCUT2D eigenvalue weighted by molar-refractivity contribution is 8.29. The van der Waals surface area contributed by atoms with Crippen LogP contribution in [0.2, 0.25) is 0 Å². The summed E-state index contributed by atoms with van der Waals surface area (Å²) in [5.74, 6) is 6.49. The average molecular weight is 865 g/mol. The number of amides is 1. The van der Waals surface area contributed by atoms with E-state index >= 15 is 0 Å². The fourth-order valence-corrected chi connectivity index (χ4v) is 17.0. The van der Waals surface area contributed by atoms with Gasteiger partial charge in [-0.2, -0.15) is 0 Å². The summed E-state index contributed by atoms with van der Waals surface area (Å²) in [5.41, 5.74) is 0.0552. The number of likely N-dealkylation sites (tertiary alicyclic amines) is 1. The van der Waals surface area contributed by atoms with Crippen LogP contribution in [0.5, 0.6) is 0 Å². The SMILES string of the molecule is CCO[C@@H](C1CCC2C(CC3C4CCC5C(C)(C)[C@@H](OC6CN(C7CN(C(=O)OC(C)(C)C)C7)CCO6)CC[C@@]56CC46CCC23C)O1)C(C)(C)O.CCS(CC)(CC)OC. The molecule has 348 valence electrons. The smallest absolute Gasteiger partial charge is 0.410 e. The van der Waals surface area contributed by atoms with Crippen LogP contribution in [0.25, 0.3) is 0 Å². The Bertz CT molecular complexity index is 1470. The Balaban J connectivity index is 0.000000545. The molecule has 0 bridgehead atoms. The number of hydrogen-bond acceptors (Lipinski definition) is 9. The van der Waals surface area contributed by atoms with Crippen molar-refractivity contribution >= 4 is 16.4 Å². The normalized spacial score (nSPS) is 40.9. The van der Waals surface area contributed by atoms with E-state index < -0.39 is 21.5 Å². The van der Waals surface area contributed by atoms with E-state index in [0.29, 0.717) is 66.5 Å². The lowest BCUT2D eigenvalue weighted by molar-refractivity contribution is -0.250. The number of hydrogen-bond donors (Lipinski definition) is 1. The molecule has 5 saturated carbocycles. The van der Waals surface area contributed by atoms with Gasteiger partial charge in [0.05, 0.1) is 37.1 Å². The van der Waals surface area contributed by atoms with E-state index in [2.05, 4.69) is 46.4 Å². The summed E-state index contributed by atoms with van der Waals surface area (Å²) in [6.07, 6.45) is 12.4. The minimum absolute atomic E-state index is 0.0242. The van der Waals surface area contributed by atoms with Crippen molar-refractivity contribution in [2.75, 3.05) is 63.8 Å². The second-order valence-corrected chi connectivity index (χ2v) is 26.8. The third kappa shape index (κ3) is 8.38. The molecule has 3 aliphatic heterocycles. The number of ether oxygens (including phenoxy) is 5. The van der Waals surface area contributed by atoms with Crippen LogP contribution in [0.3, 0.4) is 0 Å². The van der Waals surface area contributed by atoms with Crippen LogP contribution < -0.4 is 0 Å². The standard InChI is InChI=1S/C42H70N2O7.C7H18OS/c1-10-47-35(39(7,8)46)30-13-11-28-31(49-30)21-29-27-12-14-32-38(5,6)33(15-16-42(32)25-41(27,42)18-17-40(28,29)9)50-34-24-43(19-20-48-34)26-22-44(23-26)36(45)51-37(2,3)4;1-5-9(6-2,7-3)8-4/h26-35,46H,10-25H2,1-9H3;5-7H2,1-4H3/t27?,28?,29?,30?,31?,32?,33-,34?,35-,40?,41?,42+;/m0./s1. The number of carbonyl (C=O) groups is 1. The van der Waals surface area contributed by atoms with Gasteiger partial charge in [-0.1, -0.05) is 41.5 Å². The van der Waals surface area contributed by atoms with Gasteiger partial charge in [-0.3, -0.25) is 4.90 Å². The lowest BCUT2D eigenvalue weighted by Gasteiger charge is -2.60. The van der Waals surface area contributed by atoms with Crippen molar-refractivity contribution < 1.29 is 37.8 Å². The maximum absolute atomic E-state index is 12.5. The molecule has 8 fully saturated rings. The maximum Gasteiger partial charge on any atom is 0.410 e. The van der Waals surface area contributed by atoms with Crippen molar-refractivity contribution in [3.63, 3.8) is 0 Å². The van der Waals surface area contributed by atoms with Crippen LogP contribution in [0, 0.1) is 45.3 Å². The van der Waals surface area contributed by atoms with Gasteiger partial charge in [0, 0.05) is 39.4 Å². The molecule has 0 aromatic rings. The summed E-state index contributed by atoms with van der Waals surface area (Å²) >= 11 is 0. The van der Waals surface area contributed by atoms with E-state index in [0.717, 1.165) is 37.8 Å². The van der Waals surface area contributed by atoms with Gasteiger partial charge in [0.1, 0.15) is 11.7 Å². The lowest BCUT2D eigenvalue weighted by atomic mass is 9.46. The molecule has 5 aliphatic carbocycles. The molecule has 12 atom stereocenters. The summed E-state index contributed by atoms with van der Waals surface area (Å²) in [4.78, 5) is 16.8. The molecule has 60 heavy (non-hydrogen) atoms. The molecule has 3 heterocycles. The van der Waals surface area contributed by atoms with Crippen molar-refractivity contribution in [1.82, 2.24) is 9.80 Å². The van der Waals surface area contributed by atoms with Crippen molar-refractivity contribution in [3.05, 3.63) is 0 Å². The average Bonchev–Trinajstić information content (AvgIpc) is 3.74. The highest BCUT2D eigenvalue weighted by Crippen LogP contribution is 2.87. The number of carbonyl (C=O) groups excluding carboxylic acids is 1. The Morgan fingerprint density at radius 3 is 2.15 bits per heavy atom. The van der Waals surface area contributed by atoms with Gasteiger partial charge >= 0.3 is 6.09 Å². The molecule has 1 amide bonds. The van der Waals surface area contributed by atoms with Gasteiger partial charge in [-0.05, 0) is 168 Å². The molecular weight excluding hydrogens is 777 g/mol. The van der Waals surface area contributed by atoms with E-state index in [4.69, 9.17) is 27.9 Å². The molecule has 3 saturated heterocycles. The van der Waals surface area contributed by atoms with Crippen molar-refractivity contribution in [2.24, 2.45) is 45.3 Å². The Kier molecular flexibility index (Phi) is 13.6. The van der Waals surface area contributed by atoms with E-state index in [1.165, 1.54) is 68.6 Å². The molecule has 0 radical (unpaired) electrons. The summed E-state index contributed by atoms with van der Waals surface area (Å²) in [7, 11) is 1.19. The fraction of sp³-hybridized carbons (Fsp3) is 0.980. The van der Waals surface area contributed by atoms with Crippen LogP contribution in [0.15, 0.2) is 0 Å². The Labute approximate surface area is 367 Å². The Hall–Kier alpha value is -0.660. The van der Waals surface area contributed by atoms with Crippen LogP contribution in [0.4, 0.5) is 4.79 Å². The topological polar surface area (TPSA) is 99.2 Å². The number of morpholine rings is 1. The summed E-state index contributed by atoms with van der Waals surface area (Å²) in [6, 6.07) is 0.345. The fourth-order valence-electron chi connectivity index (χ4n) is 15.0. The van der Waals surface area contributed by atoms with Crippen LogP contribution >= 0.6 is 10.3 Å². The number of nitrogens with zero attached hydrogens (tertiary/aromatic N) is 2. The molecule has 8 rings (SSSR count). The van der Waals surface area contributed by atoms with Crippen molar-refractivity contribution in [3.8, 4) is 0 Å². The first-order valence-corrected chi connectivity index (χ1v) is 26.5. The van der Waals surface area contributed by atoms with Crippen molar-refractivity contribution in [1.29, 1.82) is 0 Å². The zero-order chi connectivity index (χ0) is 43.7.